The van der Waals surface area contributed by atoms with Crippen molar-refractivity contribution in [2.75, 3.05) is 13.2 Å². The van der Waals surface area contributed by atoms with Gasteiger partial charge >= 0.3 is 5.97 Å². The van der Waals surface area contributed by atoms with Crippen molar-refractivity contribution in [3.05, 3.63) is 36.5 Å². The first-order valence-electron chi connectivity index (χ1n) is 29.8. The van der Waals surface area contributed by atoms with Gasteiger partial charge in [-0.1, -0.05) is 275 Å². The van der Waals surface area contributed by atoms with E-state index >= 15 is 0 Å². The zero-order valence-electron chi connectivity index (χ0n) is 44.9. The Hall–Kier alpha value is -1.92. The summed E-state index contributed by atoms with van der Waals surface area (Å²) in [6.07, 6.45) is 70.5. The molecule has 2 atom stereocenters. The zero-order chi connectivity index (χ0) is 48.6. The van der Waals surface area contributed by atoms with Gasteiger partial charge in [-0.25, -0.2) is 0 Å². The fraction of sp³-hybridized carbons (Fsp3) is 0.869. The van der Waals surface area contributed by atoms with Crippen LogP contribution in [0.3, 0.4) is 0 Å². The van der Waals surface area contributed by atoms with Crippen molar-refractivity contribution in [2.24, 2.45) is 0 Å². The number of hydrogen-bond donors (Lipinski definition) is 3. The number of hydrogen-bond acceptors (Lipinski definition) is 5. The molecule has 0 heterocycles. The lowest BCUT2D eigenvalue weighted by atomic mass is 10.0. The van der Waals surface area contributed by atoms with Crippen molar-refractivity contribution in [3.63, 3.8) is 0 Å². The Balaban J connectivity index is 3.40. The van der Waals surface area contributed by atoms with Crippen LogP contribution in [0, 0.1) is 0 Å². The van der Waals surface area contributed by atoms with Gasteiger partial charge < -0.3 is 20.3 Å². The number of esters is 1. The van der Waals surface area contributed by atoms with Crippen LogP contribution in [0.15, 0.2) is 36.5 Å². The van der Waals surface area contributed by atoms with E-state index in [0.717, 1.165) is 44.9 Å². The second kappa shape index (κ2) is 56.7. The van der Waals surface area contributed by atoms with Gasteiger partial charge in [0.05, 0.1) is 25.4 Å². The third kappa shape index (κ3) is 53.3. The molecule has 2 unspecified atom stereocenters. The Kier molecular flexibility index (Phi) is 55.0. The molecule has 0 fully saturated rings. The Morgan fingerprint density at radius 1 is 0.418 bits per heavy atom. The molecular formula is C61H115NO5. The number of unbranched alkanes of at least 4 members (excludes halogenated alkanes) is 40. The van der Waals surface area contributed by atoms with Crippen LogP contribution in [0.5, 0.6) is 0 Å². The molecule has 6 nitrogen and oxygen atoms in total. The predicted octanol–water partition coefficient (Wildman–Crippen LogP) is 18.4. The summed E-state index contributed by atoms with van der Waals surface area (Å²) >= 11 is 0. The van der Waals surface area contributed by atoms with Crippen LogP contribution >= 0.6 is 0 Å². The number of aliphatic hydroxyl groups excluding tert-OH is 2. The standard InChI is InChI=1S/C61H115NO5/c1-3-5-7-9-11-13-34-39-43-47-51-55-61(66)67-56-52-48-44-40-36-33-31-29-27-25-23-21-19-17-15-16-18-20-22-24-26-28-30-32-35-38-42-46-50-54-60(65)62-58(57-63)59(64)53-49-45-41-37-14-12-10-8-6-4-2/h15,17,21,23,49,53,58-59,63-64H,3-14,16,18-20,22,24-48,50-52,54-57H2,1-2H3,(H,62,65)/b17-15-,23-21-,53-49+. The van der Waals surface area contributed by atoms with E-state index in [4.69, 9.17) is 4.74 Å². The second-order valence-corrected chi connectivity index (χ2v) is 20.3. The van der Waals surface area contributed by atoms with Crippen molar-refractivity contribution < 1.29 is 24.5 Å². The van der Waals surface area contributed by atoms with Crippen LogP contribution in [0.25, 0.3) is 0 Å². The minimum Gasteiger partial charge on any atom is -0.466 e. The molecule has 0 bridgehead atoms. The van der Waals surface area contributed by atoms with E-state index in [1.165, 1.54) is 244 Å². The van der Waals surface area contributed by atoms with Crippen LogP contribution in [0.1, 0.15) is 316 Å². The maximum Gasteiger partial charge on any atom is 0.305 e. The Labute approximate surface area is 417 Å². The molecule has 0 saturated carbocycles. The lowest BCUT2D eigenvalue weighted by molar-refractivity contribution is -0.143. The van der Waals surface area contributed by atoms with Gasteiger partial charge in [0.1, 0.15) is 0 Å². The first-order chi connectivity index (χ1) is 33.0. The highest BCUT2D eigenvalue weighted by Crippen LogP contribution is 2.16. The van der Waals surface area contributed by atoms with Crippen molar-refractivity contribution in [2.45, 2.75) is 328 Å². The largest absolute Gasteiger partial charge is 0.466 e. The van der Waals surface area contributed by atoms with E-state index in [9.17, 15) is 19.8 Å². The van der Waals surface area contributed by atoms with Crippen molar-refractivity contribution >= 4 is 11.9 Å². The molecule has 0 saturated heterocycles. The summed E-state index contributed by atoms with van der Waals surface area (Å²) in [4.78, 5) is 24.4. The van der Waals surface area contributed by atoms with Crippen molar-refractivity contribution in [3.8, 4) is 0 Å². The molecule has 0 aromatic carbocycles. The maximum atomic E-state index is 12.4. The normalized spacial score (nSPS) is 12.8. The van der Waals surface area contributed by atoms with Crippen LogP contribution in [0.2, 0.25) is 0 Å². The van der Waals surface area contributed by atoms with Gasteiger partial charge in [-0.05, 0) is 64.2 Å². The van der Waals surface area contributed by atoms with Crippen LogP contribution in [0.4, 0.5) is 0 Å². The SMILES string of the molecule is CCCCCCCCCC/C=C/C(O)C(CO)NC(=O)CCCCCCCCCCCCCCC/C=C\C/C=C\CCCCCCCCCCCOC(=O)CCCCCCCCCCCCC. The molecule has 0 rings (SSSR count). The average Bonchev–Trinajstić information content (AvgIpc) is 3.33. The van der Waals surface area contributed by atoms with Gasteiger partial charge in [-0.2, -0.15) is 0 Å². The monoisotopic (exact) mass is 942 g/mol. The Morgan fingerprint density at radius 3 is 1.13 bits per heavy atom. The van der Waals surface area contributed by atoms with Crippen LogP contribution < -0.4 is 5.32 Å². The number of allylic oxidation sites excluding steroid dienone is 5. The molecule has 394 valence electrons. The molecule has 0 radical (unpaired) electrons. The number of nitrogens with one attached hydrogen (secondary N) is 1. The number of carbonyl (C=O) groups excluding carboxylic acids is 2. The van der Waals surface area contributed by atoms with Gasteiger partial charge in [0, 0.05) is 12.8 Å². The van der Waals surface area contributed by atoms with Crippen LogP contribution in [-0.2, 0) is 14.3 Å². The zero-order valence-corrected chi connectivity index (χ0v) is 44.9. The van der Waals surface area contributed by atoms with E-state index in [1.807, 2.05) is 6.08 Å². The molecule has 0 spiro atoms. The predicted molar refractivity (Wildman–Crippen MR) is 292 cm³/mol. The fourth-order valence-corrected chi connectivity index (χ4v) is 9.08. The quantitative estimate of drug-likeness (QED) is 0.0321. The van der Waals surface area contributed by atoms with Gasteiger partial charge in [0.15, 0.2) is 0 Å². The van der Waals surface area contributed by atoms with Gasteiger partial charge in [0.25, 0.3) is 0 Å². The molecule has 6 heteroatoms. The Morgan fingerprint density at radius 2 is 0.746 bits per heavy atom. The minimum absolute atomic E-state index is 0.0110. The summed E-state index contributed by atoms with van der Waals surface area (Å²) < 4.78 is 5.46. The number of rotatable bonds is 55. The van der Waals surface area contributed by atoms with Crippen LogP contribution in [-0.4, -0.2) is 47.4 Å². The summed E-state index contributed by atoms with van der Waals surface area (Å²) in [6, 6.07) is -0.627. The molecule has 67 heavy (non-hydrogen) atoms. The summed E-state index contributed by atoms with van der Waals surface area (Å²) in [5, 5.41) is 23.0. The third-order valence-corrected chi connectivity index (χ3v) is 13.7. The number of carbonyl (C=O) groups is 2. The summed E-state index contributed by atoms with van der Waals surface area (Å²) in [5.41, 5.74) is 0. The lowest BCUT2D eigenvalue weighted by Crippen LogP contribution is -2.45. The molecule has 0 aliphatic rings. The van der Waals surface area contributed by atoms with E-state index < -0.39 is 12.1 Å². The number of ether oxygens (including phenoxy) is 1. The van der Waals surface area contributed by atoms with Gasteiger partial charge in [-0.15, -0.1) is 0 Å². The van der Waals surface area contributed by atoms with E-state index in [1.54, 1.807) is 6.08 Å². The highest BCUT2D eigenvalue weighted by Gasteiger charge is 2.18. The lowest BCUT2D eigenvalue weighted by Gasteiger charge is -2.20. The first kappa shape index (κ1) is 65.1. The molecule has 0 aromatic heterocycles. The number of aliphatic hydroxyl groups is 2. The number of amides is 1. The molecule has 1 amide bonds. The maximum absolute atomic E-state index is 12.4. The van der Waals surface area contributed by atoms with E-state index in [-0.39, 0.29) is 18.5 Å². The van der Waals surface area contributed by atoms with E-state index in [0.29, 0.717) is 19.4 Å². The summed E-state index contributed by atoms with van der Waals surface area (Å²) in [7, 11) is 0. The third-order valence-electron chi connectivity index (χ3n) is 13.7. The molecular weight excluding hydrogens is 827 g/mol. The highest BCUT2D eigenvalue weighted by molar-refractivity contribution is 5.76. The topological polar surface area (TPSA) is 95.9 Å². The molecule has 0 aliphatic carbocycles. The minimum atomic E-state index is -0.843. The molecule has 0 aliphatic heterocycles. The van der Waals surface area contributed by atoms with Gasteiger partial charge in [-0.3, -0.25) is 9.59 Å². The van der Waals surface area contributed by atoms with Crippen molar-refractivity contribution in [1.29, 1.82) is 0 Å². The average molecular weight is 943 g/mol. The Bertz CT molecular complexity index is 1090. The summed E-state index contributed by atoms with van der Waals surface area (Å²) in [6.45, 7) is 4.88. The van der Waals surface area contributed by atoms with Crippen molar-refractivity contribution in [1.82, 2.24) is 5.32 Å². The van der Waals surface area contributed by atoms with Gasteiger partial charge in [0.2, 0.25) is 5.91 Å². The first-order valence-corrected chi connectivity index (χ1v) is 29.8. The smallest absolute Gasteiger partial charge is 0.305 e. The highest BCUT2D eigenvalue weighted by atomic mass is 16.5. The molecule has 0 aromatic rings. The van der Waals surface area contributed by atoms with E-state index in [2.05, 4.69) is 43.5 Å². The second-order valence-electron chi connectivity index (χ2n) is 20.3. The fourth-order valence-electron chi connectivity index (χ4n) is 9.08. The summed E-state index contributed by atoms with van der Waals surface area (Å²) in [5.74, 6) is -0.0596. The molecule has 3 N–H and O–H groups in total.